The van der Waals surface area contributed by atoms with Crippen LogP contribution in [-0.2, 0) is 4.79 Å². The summed E-state index contributed by atoms with van der Waals surface area (Å²) in [6, 6.07) is 12.1. The van der Waals surface area contributed by atoms with Crippen LogP contribution in [-0.4, -0.2) is 34.5 Å². The first-order valence-corrected chi connectivity index (χ1v) is 11.1. The maximum atomic E-state index is 14.5. The fourth-order valence-electron chi connectivity index (χ4n) is 5.02. The van der Waals surface area contributed by atoms with E-state index in [-0.39, 0.29) is 5.56 Å². The molecule has 1 amide bonds. The van der Waals surface area contributed by atoms with Crippen LogP contribution in [0.3, 0.4) is 0 Å². The highest BCUT2D eigenvalue weighted by molar-refractivity contribution is 5.96. The summed E-state index contributed by atoms with van der Waals surface area (Å²) in [5, 5.41) is 13.4. The van der Waals surface area contributed by atoms with E-state index in [9.17, 15) is 19.1 Å². The minimum Gasteiger partial charge on any atom is -0.481 e. The van der Waals surface area contributed by atoms with Crippen LogP contribution in [0.1, 0.15) is 66.1 Å². The Hall–Kier alpha value is -2.89. The summed E-state index contributed by atoms with van der Waals surface area (Å²) >= 11 is 0. The Morgan fingerprint density at radius 3 is 2.39 bits per heavy atom. The molecule has 0 spiro atoms. The van der Waals surface area contributed by atoms with E-state index < -0.39 is 29.7 Å². The largest absolute Gasteiger partial charge is 0.481 e. The molecule has 5 nitrogen and oxygen atoms in total. The number of carboxylic acid groups (broad SMARTS) is 1. The molecule has 1 heterocycles. The standard InChI is InChI=1S/C25H29FN2O3/c1-16-6-4-10-21(26)22(16)24(29)28-15-5-9-20(25(30)31)23(28)17-11-13-19(14-12-17)27-18-7-2-3-8-18/h4,6,10-14,18,20,23,27H,2-3,5,7-9,15H2,1H3,(H,30,31)/t20-,23-/m0/s1. The van der Waals surface area contributed by atoms with Crippen molar-refractivity contribution in [2.75, 3.05) is 11.9 Å². The molecule has 1 aliphatic heterocycles. The van der Waals surface area contributed by atoms with Crippen molar-refractivity contribution >= 4 is 17.6 Å². The molecule has 31 heavy (non-hydrogen) atoms. The molecule has 2 aromatic rings. The quantitative estimate of drug-likeness (QED) is 0.695. The van der Waals surface area contributed by atoms with Crippen molar-refractivity contribution in [1.29, 1.82) is 0 Å². The van der Waals surface area contributed by atoms with Crippen LogP contribution in [0.5, 0.6) is 0 Å². The van der Waals surface area contributed by atoms with Crippen LogP contribution in [0, 0.1) is 18.7 Å². The lowest BCUT2D eigenvalue weighted by Crippen LogP contribution is -2.45. The summed E-state index contributed by atoms with van der Waals surface area (Å²) < 4.78 is 14.5. The van der Waals surface area contributed by atoms with E-state index in [4.69, 9.17) is 0 Å². The van der Waals surface area contributed by atoms with Gasteiger partial charge in [0.15, 0.2) is 0 Å². The lowest BCUT2D eigenvalue weighted by Gasteiger charge is -2.40. The number of nitrogens with zero attached hydrogens (tertiary/aromatic N) is 1. The number of anilines is 1. The van der Waals surface area contributed by atoms with Gasteiger partial charge in [-0.05, 0) is 61.9 Å². The summed E-state index contributed by atoms with van der Waals surface area (Å²) in [6.45, 7) is 2.11. The molecule has 0 aromatic heterocycles. The topological polar surface area (TPSA) is 69.6 Å². The molecule has 2 atom stereocenters. The van der Waals surface area contributed by atoms with Gasteiger partial charge in [-0.15, -0.1) is 0 Å². The molecule has 2 aliphatic rings. The summed E-state index contributed by atoms with van der Waals surface area (Å²) in [5.41, 5.74) is 2.35. The molecule has 164 valence electrons. The molecule has 1 saturated heterocycles. The lowest BCUT2D eigenvalue weighted by molar-refractivity contribution is -0.145. The van der Waals surface area contributed by atoms with Crippen LogP contribution >= 0.6 is 0 Å². The summed E-state index contributed by atoms with van der Waals surface area (Å²) in [6.07, 6.45) is 5.87. The van der Waals surface area contributed by atoms with Crippen molar-refractivity contribution in [3.8, 4) is 0 Å². The molecule has 4 rings (SSSR count). The van der Waals surface area contributed by atoms with Crippen molar-refractivity contribution in [2.45, 2.75) is 57.5 Å². The maximum Gasteiger partial charge on any atom is 0.308 e. The predicted octanol–water partition coefficient (Wildman–Crippen LogP) is 5.17. The number of rotatable bonds is 5. The lowest BCUT2D eigenvalue weighted by atomic mass is 9.84. The number of carbonyl (C=O) groups is 2. The number of hydrogen-bond donors (Lipinski definition) is 2. The highest BCUT2D eigenvalue weighted by atomic mass is 19.1. The molecule has 2 aromatic carbocycles. The van der Waals surface area contributed by atoms with Gasteiger partial charge in [-0.1, -0.05) is 37.1 Å². The maximum absolute atomic E-state index is 14.5. The van der Waals surface area contributed by atoms with E-state index >= 15 is 0 Å². The minimum absolute atomic E-state index is 0.0260. The molecule has 1 aliphatic carbocycles. The first kappa shape index (κ1) is 21.3. The number of carbonyl (C=O) groups excluding carboxylic acids is 1. The average molecular weight is 425 g/mol. The SMILES string of the molecule is Cc1cccc(F)c1C(=O)N1CCC[C@H](C(=O)O)[C@@H]1c1ccc(NC2CCCC2)cc1. The number of halogens is 1. The summed E-state index contributed by atoms with van der Waals surface area (Å²) in [7, 11) is 0. The van der Waals surface area contributed by atoms with Crippen LogP contribution in [0.2, 0.25) is 0 Å². The number of aryl methyl sites for hydroxylation is 1. The number of hydrogen-bond acceptors (Lipinski definition) is 3. The Morgan fingerprint density at radius 2 is 1.74 bits per heavy atom. The number of amides is 1. The predicted molar refractivity (Wildman–Crippen MR) is 118 cm³/mol. The zero-order valence-electron chi connectivity index (χ0n) is 17.8. The molecule has 6 heteroatoms. The summed E-state index contributed by atoms with van der Waals surface area (Å²) in [4.78, 5) is 27.0. The van der Waals surface area contributed by atoms with Crippen LogP contribution < -0.4 is 5.32 Å². The molecule has 0 radical (unpaired) electrons. The Labute approximate surface area is 182 Å². The third kappa shape index (κ3) is 4.43. The fraction of sp³-hybridized carbons (Fsp3) is 0.440. The van der Waals surface area contributed by atoms with Gasteiger partial charge in [0.1, 0.15) is 5.82 Å². The third-order valence-electron chi connectivity index (χ3n) is 6.62. The second-order valence-electron chi connectivity index (χ2n) is 8.71. The first-order valence-electron chi connectivity index (χ1n) is 11.1. The van der Waals surface area contributed by atoms with Crippen molar-refractivity contribution in [2.24, 2.45) is 5.92 Å². The van der Waals surface area contributed by atoms with Gasteiger partial charge in [-0.3, -0.25) is 9.59 Å². The van der Waals surface area contributed by atoms with Gasteiger partial charge in [-0.2, -0.15) is 0 Å². The van der Waals surface area contributed by atoms with Gasteiger partial charge in [-0.25, -0.2) is 4.39 Å². The number of aliphatic carboxylic acids is 1. The van der Waals surface area contributed by atoms with Crippen LogP contribution in [0.25, 0.3) is 0 Å². The van der Waals surface area contributed by atoms with Crippen molar-refractivity contribution < 1.29 is 19.1 Å². The number of carboxylic acids is 1. The van der Waals surface area contributed by atoms with E-state index in [1.165, 1.54) is 18.9 Å². The Morgan fingerprint density at radius 1 is 1.03 bits per heavy atom. The van der Waals surface area contributed by atoms with Crippen molar-refractivity contribution in [1.82, 2.24) is 4.90 Å². The molecule has 0 unspecified atom stereocenters. The molecule has 1 saturated carbocycles. The smallest absolute Gasteiger partial charge is 0.308 e. The van der Waals surface area contributed by atoms with E-state index in [1.807, 2.05) is 24.3 Å². The van der Waals surface area contributed by atoms with Gasteiger partial charge in [0.05, 0.1) is 17.5 Å². The number of piperidine rings is 1. The van der Waals surface area contributed by atoms with E-state index in [1.54, 1.807) is 24.0 Å². The molecule has 2 fully saturated rings. The highest BCUT2D eigenvalue weighted by Gasteiger charge is 2.40. The first-order chi connectivity index (χ1) is 15.0. The zero-order valence-corrected chi connectivity index (χ0v) is 17.8. The Balaban J connectivity index is 1.65. The van der Waals surface area contributed by atoms with Crippen molar-refractivity contribution in [3.05, 3.63) is 65.0 Å². The molecule has 2 N–H and O–H groups in total. The normalized spacial score (nSPS) is 21.8. The third-order valence-corrected chi connectivity index (χ3v) is 6.62. The minimum atomic E-state index is -0.930. The number of likely N-dealkylation sites (tertiary alicyclic amines) is 1. The Kier molecular flexibility index (Phi) is 6.25. The van der Waals surface area contributed by atoms with E-state index in [0.717, 1.165) is 24.1 Å². The average Bonchev–Trinajstić information content (AvgIpc) is 3.26. The van der Waals surface area contributed by atoms with Gasteiger partial charge >= 0.3 is 5.97 Å². The zero-order chi connectivity index (χ0) is 22.0. The van der Waals surface area contributed by atoms with Gasteiger partial charge in [0.25, 0.3) is 5.91 Å². The van der Waals surface area contributed by atoms with E-state index in [2.05, 4.69) is 5.32 Å². The van der Waals surface area contributed by atoms with Gasteiger partial charge in [0, 0.05) is 18.3 Å². The highest BCUT2D eigenvalue weighted by Crippen LogP contribution is 2.38. The number of benzene rings is 2. The number of nitrogens with one attached hydrogen (secondary N) is 1. The van der Waals surface area contributed by atoms with Gasteiger partial charge < -0.3 is 15.3 Å². The van der Waals surface area contributed by atoms with E-state index in [0.29, 0.717) is 31.0 Å². The monoisotopic (exact) mass is 424 g/mol. The molecule has 0 bridgehead atoms. The van der Waals surface area contributed by atoms with Gasteiger partial charge in [0.2, 0.25) is 0 Å². The second-order valence-corrected chi connectivity index (χ2v) is 8.71. The van der Waals surface area contributed by atoms with Crippen LogP contribution in [0.15, 0.2) is 42.5 Å². The fourth-order valence-corrected chi connectivity index (χ4v) is 5.02. The van der Waals surface area contributed by atoms with Crippen molar-refractivity contribution in [3.63, 3.8) is 0 Å². The second kappa shape index (κ2) is 9.08. The Bertz CT molecular complexity index is 933. The molecular weight excluding hydrogens is 395 g/mol. The molecular formula is C25H29FN2O3. The van der Waals surface area contributed by atoms with Crippen LogP contribution in [0.4, 0.5) is 10.1 Å². The summed E-state index contributed by atoms with van der Waals surface area (Å²) in [5.74, 6) is -2.67.